The highest BCUT2D eigenvalue weighted by atomic mass is 32.2. The number of hydrogen-bond donors (Lipinski definition) is 2. The highest BCUT2D eigenvalue weighted by molar-refractivity contribution is 8.01. The summed E-state index contributed by atoms with van der Waals surface area (Å²) in [5, 5.41) is 23.0. The summed E-state index contributed by atoms with van der Waals surface area (Å²) in [7, 11) is 0. The zero-order chi connectivity index (χ0) is 18.4. The number of halogens is 1. The summed E-state index contributed by atoms with van der Waals surface area (Å²) in [6.07, 6.45) is 0. The minimum atomic E-state index is -0.339. The Morgan fingerprint density at radius 1 is 1.19 bits per heavy atom. The molecule has 1 amide bonds. The lowest BCUT2D eigenvalue weighted by molar-refractivity contribution is -0.113. The fourth-order valence-electron chi connectivity index (χ4n) is 1.96. The van der Waals surface area contributed by atoms with Crippen molar-refractivity contribution in [2.75, 3.05) is 16.4 Å². The number of nitrogens with zero attached hydrogens (tertiary/aromatic N) is 3. The molecule has 0 unspecified atom stereocenters. The summed E-state index contributed by atoms with van der Waals surface area (Å²) in [6, 6.07) is 14.7. The van der Waals surface area contributed by atoms with E-state index in [0.717, 1.165) is 0 Å². The lowest BCUT2D eigenvalue weighted by Crippen LogP contribution is -2.13. The quantitative estimate of drug-likeness (QED) is 0.623. The van der Waals surface area contributed by atoms with Gasteiger partial charge in [-0.2, -0.15) is 5.26 Å². The van der Waals surface area contributed by atoms with E-state index in [4.69, 9.17) is 5.26 Å². The van der Waals surface area contributed by atoms with Crippen molar-refractivity contribution in [1.82, 2.24) is 10.2 Å². The van der Waals surface area contributed by atoms with Gasteiger partial charge in [-0.25, -0.2) is 4.39 Å². The van der Waals surface area contributed by atoms with E-state index in [9.17, 15) is 9.18 Å². The molecular weight excluding hydrogens is 373 g/mol. The first-order chi connectivity index (χ1) is 12.6. The molecule has 1 aromatic heterocycles. The standard InChI is InChI=1S/C17H12FN5OS2/c18-12-2-1-3-14(8-12)21-16-22-23-17(26-16)25-10-15(24)20-13-6-4-11(9-19)5-7-13/h1-8H,10H2,(H,20,24)(H,21,22). The van der Waals surface area contributed by atoms with Crippen LogP contribution in [-0.2, 0) is 4.79 Å². The van der Waals surface area contributed by atoms with Crippen molar-refractivity contribution in [3.63, 3.8) is 0 Å². The van der Waals surface area contributed by atoms with Gasteiger partial charge in [-0.1, -0.05) is 29.2 Å². The van der Waals surface area contributed by atoms with Gasteiger partial charge in [-0.15, -0.1) is 10.2 Å². The van der Waals surface area contributed by atoms with Crippen molar-refractivity contribution >= 4 is 45.5 Å². The molecule has 0 aliphatic rings. The second-order valence-electron chi connectivity index (χ2n) is 5.03. The van der Waals surface area contributed by atoms with E-state index in [1.165, 1.54) is 35.2 Å². The predicted octanol–water partition coefficient (Wildman–Crippen LogP) is 4.02. The minimum absolute atomic E-state index is 0.175. The van der Waals surface area contributed by atoms with Gasteiger partial charge in [0, 0.05) is 11.4 Å². The molecule has 6 nitrogen and oxygen atoms in total. The Morgan fingerprint density at radius 3 is 2.73 bits per heavy atom. The molecule has 2 N–H and O–H groups in total. The first-order valence-electron chi connectivity index (χ1n) is 7.41. The zero-order valence-corrected chi connectivity index (χ0v) is 14.9. The minimum Gasteiger partial charge on any atom is -0.330 e. The van der Waals surface area contributed by atoms with Crippen molar-refractivity contribution in [2.45, 2.75) is 4.34 Å². The predicted molar refractivity (Wildman–Crippen MR) is 100 cm³/mol. The van der Waals surface area contributed by atoms with Crippen LogP contribution in [-0.4, -0.2) is 21.9 Å². The normalized spacial score (nSPS) is 10.2. The van der Waals surface area contributed by atoms with Crippen LogP contribution in [0.4, 0.5) is 20.9 Å². The Hall–Kier alpha value is -2.96. The third-order valence-electron chi connectivity index (χ3n) is 3.11. The van der Waals surface area contributed by atoms with Gasteiger partial charge in [0.05, 0.1) is 17.4 Å². The number of carbonyl (C=O) groups excluding carboxylic acids is 1. The summed E-state index contributed by atoms with van der Waals surface area (Å²) in [4.78, 5) is 12.0. The van der Waals surface area contributed by atoms with Gasteiger partial charge in [-0.3, -0.25) is 4.79 Å². The topological polar surface area (TPSA) is 90.7 Å². The molecule has 0 atom stereocenters. The molecule has 0 aliphatic carbocycles. The molecule has 0 bridgehead atoms. The van der Waals surface area contributed by atoms with Crippen molar-refractivity contribution < 1.29 is 9.18 Å². The molecule has 0 fully saturated rings. The number of hydrogen-bond acceptors (Lipinski definition) is 7. The number of carbonyl (C=O) groups is 1. The highest BCUT2D eigenvalue weighted by Crippen LogP contribution is 2.27. The van der Waals surface area contributed by atoms with Crippen LogP contribution in [0.5, 0.6) is 0 Å². The van der Waals surface area contributed by atoms with Gasteiger partial charge in [0.2, 0.25) is 11.0 Å². The van der Waals surface area contributed by atoms with Crippen LogP contribution in [0.2, 0.25) is 0 Å². The fraction of sp³-hybridized carbons (Fsp3) is 0.0588. The average molecular weight is 385 g/mol. The Balaban J connectivity index is 1.51. The van der Waals surface area contributed by atoms with Gasteiger partial charge in [0.1, 0.15) is 5.82 Å². The molecule has 9 heteroatoms. The maximum absolute atomic E-state index is 13.2. The van der Waals surface area contributed by atoms with Crippen LogP contribution in [0.3, 0.4) is 0 Å². The smallest absolute Gasteiger partial charge is 0.234 e. The van der Waals surface area contributed by atoms with Gasteiger partial charge < -0.3 is 10.6 Å². The van der Waals surface area contributed by atoms with E-state index in [1.807, 2.05) is 6.07 Å². The van der Waals surface area contributed by atoms with Crippen molar-refractivity contribution in [1.29, 1.82) is 5.26 Å². The van der Waals surface area contributed by atoms with Crippen LogP contribution in [0, 0.1) is 17.1 Å². The van der Waals surface area contributed by atoms with Crippen LogP contribution >= 0.6 is 23.1 Å². The van der Waals surface area contributed by atoms with E-state index in [-0.39, 0.29) is 17.5 Å². The van der Waals surface area contributed by atoms with E-state index in [0.29, 0.717) is 26.4 Å². The molecular formula is C17H12FN5OS2. The molecule has 0 aliphatic heterocycles. The van der Waals surface area contributed by atoms with Gasteiger partial charge in [0.25, 0.3) is 0 Å². The second-order valence-corrected chi connectivity index (χ2v) is 7.23. The molecule has 0 saturated carbocycles. The van der Waals surface area contributed by atoms with Crippen LogP contribution < -0.4 is 10.6 Å². The van der Waals surface area contributed by atoms with E-state index in [2.05, 4.69) is 20.8 Å². The summed E-state index contributed by atoms with van der Waals surface area (Å²) in [5.74, 6) is -0.350. The maximum atomic E-state index is 13.2. The monoisotopic (exact) mass is 385 g/mol. The average Bonchev–Trinajstić information content (AvgIpc) is 3.08. The molecule has 0 radical (unpaired) electrons. The lowest BCUT2D eigenvalue weighted by Gasteiger charge is -2.03. The molecule has 0 spiro atoms. The molecule has 3 aromatic rings. The Morgan fingerprint density at radius 2 is 2.00 bits per heavy atom. The second kappa shape index (κ2) is 8.42. The van der Waals surface area contributed by atoms with Crippen LogP contribution in [0.15, 0.2) is 52.9 Å². The molecule has 2 aromatic carbocycles. The van der Waals surface area contributed by atoms with E-state index >= 15 is 0 Å². The number of nitrogens with one attached hydrogen (secondary N) is 2. The van der Waals surface area contributed by atoms with E-state index in [1.54, 1.807) is 36.4 Å². The van der Waals surface area contributed by atoms with Crippen LogP contribution in [0.1, 0.15) is 5.56 Å². The number of rotatable bonds is 6. The number of benzene rings is 2. The number of thioether (sulfide) groups is 1. The number of anilines is 3. The summed E-state index contributed by atoms with van der Waals surface area (Å²) < 4.78 is 13.8. The zero-order valence-electron chi connectivity index (χ0n) is 13.3. The molecule has 26 heavy (non-hydrogen) atoms. The van der Waals surface area contributed by atoms with Gasteiger partial charge in [0.15, 0.2) is 4.34 Å². The largest absolute Gasteiger partial charge is 0.330 e. The molecule has 3 rings (SSSR count). The number of aromatic nitrogens is 2. The molecule has 1 heterocycles. The lowest BCUT2D eigenvalue weighted by atomic mass is 10.2. The first-order valence-corrected chi connectivity index (χ1v) is 9.21. The Bertz CT molecular complexity index is 952. The highest BCUT2D eigenvalue weighted by Gasteiger charge is 2.09. The molecule has 0 saturated heterocycles. The summed E-state index contributed by atoms with van der Waals surface area (Å²) in [5.41, 5.74) is 1.74. The number of amides is 1. The van der Waals surface area contributed by atoms with Crippen molar-refractivity contribution in [3.8, 4) is 6.07 Å². The fourth-order valence-corrected chi connectivity index (χ4v) is 3.53. The van der Waals surface area contributed by atoms with Crippen molar-refractivity contribution in [2.24, 2.45) is 0 Å². The first kappa shape index (κ1) is 17.8. The van der Waals surface area contributed by atoms with E-state index < -0.39 is 0 Å². The summed E-state index contributed by atoms with van der Waals surface area (Å²) in [6.45, 7) is 0. The maximum Gasteiger partial charge on any atom is 0.234 e. The summed E-state index contributed by atoms with van der Waals surface area (Å²) >= 11 is 2.53. The third kappa shape index (κ3) is 5.02. The van der Waals surface area contributed by atoms with Gasteiger partial charge >= 0.3 is 0 Å². The third-order valence-corrected chi connectivity index (χ3v) is 5.08. The van der Waals surface area contributed by atoms with Crippen LogP contribution in [0.25, 0.3) is 0 Å². The Kier molecular flexibility index (Phi) is 5.78. The Labute approximate surface area is 157 Å². The van der Waals surface area contributed by atoms with Gasteiger partial charge in [-0.05, 0) is 42.5 Å². The SMILES string of the molecule is N#Cc1ccc(NC(=O)CSc2nnc(Nc3cccc(F)c3)s2)cc1. The van der Waals surface area contributed by atoms with Crippen molar-refractivity contribution in [3.05, 3.63) is 59.9 Å². The molecule has 130 valence electrons. The number of nitriles is 1.